The first-order chi connectivity index (χ1) is 7.58. The monoisotopic (exact) mass is 239 g/mol. The van der Waals surface area contributed by atoms with Gasteiger partial charge in [-0.1, -0.05) is 11.6 Å². The molecule has 0 radical (unpaired) electrons. The second kappa shape index (κ2) is 4.18. The summed E-state index contributed by atoms with van der Waals surface area (Å²) < 4.78 is 26.5. The zero-order valence-electron chi connectivity index (χ0n) is 8.47. The SMILES string of the molecule is Cc1cc(-c2cc(Cl)ccc2F)cnc1F. The van der Waals surface area contributed by atoms with E-state index in [0.717, 1.165) is 0 Å². The third kappa shape index (κ3) is 2.04. The largest absolute Gasteiger partial charge is 0.227 e. The van der Waals surface area contributed by atoms with Crippen LogP contribution in [-0.2, 0) is 0 Å². The van der Waals surface area contributed by atoms with Crippen LogP contribution in [0.15, 0.2) is 30.5 Å². The average molecular weight is 240 g/mol. The first kappa shape index (κ1) is 11.0. The van der Waals surface area contributed by atoms with E-state index in [0.29, 0.717) is 21.7 Å². The standard InChI is InChI=1S/C12H8ClF2N/c1-7-4-8(6-16-12(7)15)10-5-9(13)2-3-11(10)14/h2-6H,1H3. The molecule has 0 N–H and O–H groups in total. The maximum absolute atomic E-state index is 13.5. The van der Waals surface area contributed by atoms with E-state index in [1.807, 2.05) is 0 Å². The van der Waals surface area contributed by atoms with E-state index in [2.05, 4.69) is 4.98 Å². The normalized spacial score (nSPS) is 10.5. The molecule has 0 saturated heterocycles. The molecule has 0 fully saturated rings. The molecule has 1 nitrogen and oxygen atoms in total. The lowest BCUT2D eigenvalue weighted by Crippen LogP contribution is -1.91. The average Bonchev–Trinajstić information content (AvgIpc) is 2.26. The van der Waals surface area contributed by atoms with Crippen molar-refractivity contribution in [3.63, 3.8) is 0 Å². The molecule has 16 heavy (non-hydrogen) atoms. The maximum atomic E-state index is 13.5. The molecule has 0 aliphatic heterocycles. The van der Waals surface area contributed by atoms with Crippen LogP contribution in [0.5, 0.6) is 0 Å². The second-order valence-electron chi connectivity index (χ2n) is 3.46. The van der Waals surface area contributed by atoms with Crippen molar-refractivity contribution in [2.45, 2.75) is 6.92 Å². The van der Waals surface area contributed by atoms with Crippen molar-refractivity contribution in [3.8, 4) is 11.1 Å². The van der Waals surface area contributed by atoms with Gasteiger partial charge in [-0.15, -0.1) is 0 Å². The summed E-state index contributed by atoms with van der Waals surface area (Å²) in [5.41, 5.74) is 1.21. The summed E-state index contributed by atoms with van der Waals surface area (Å²) in [7, 11) is 0. The fraction of sp³-hybridized carbons (Fsp3) is 0.0833. The topological polar surface area (TPSA) is 12.9 Å². The zero-order valence-corrected chi connectivity index (χ0v) is 9.22. The molecule has 1 aromatic heterocycles. The number of benzene rings is 1. The number of halogens is 3. The van der Waals surface area contributed by atoms with E-state index in [1.165, 1.54) is 30.5 Å². The van der Waals surface area contributed by atoms with Crippen molar-refractivity contribution >= 4 is 11.6 Å². The van der Waals surface area contributed by atoms with E-state index >= 15 is 0 Å². The summed E-state index contributed by atoms with van der Waals surface area (Å²) in [6, 6.07) is 5.77. The lowest BCUT2D eigenvalue weighted by atomic mass is 10.1. The molecule has 82 valence electrons. The summed E-state index contributed by atoms with van der Waals surface area (Å²) >= 11 is 5.78. The number of pyridine rings is 1. The van der Waals surface area contributed by atoms with Crippen molar-refractivity contribution in [2.24, 2.45) is 0 Å². The maximum Gasteiger partial charge on any atom is 0.215 e. The molecule has 2 rings (SSSR count). The molecule has 0 aliphatic rings. The number of aryl methyl sites for hydroxylation is 1. The Kier molecular flexibility index (Phi) is 2.88. The minimum Gasteiger partial charge on any atom is -0.227 e. The molecule has 0 saturated carbocycles. The van der Waals surface area contributed by atoms with E-state index in [9.17, 15) is 8.78 Å². The highest BCUT2D eigenvalue weighted by Gasteiger charge is 2.08. The Morgan fingerprint density at radius 2 is 1.94 bits per heavy atom. The van der Waals surface area contributed by atoms with Crippen molar-refractivity contribution in [3.05, 3.63) is 52.8 Å². The highest BCUT2D eigenvalue weighted by molar-refractivity contribution is 6.30. The summed E-state index contributed by atoms with van der Waals surface area (Å²) in [6.07, 6.45) is 1.29. The molecule has 2 aromatic rings. The molecule has 1 aromatic carbocycles. The van der Waals surface area contributed by atoms with Crippen LogP contribution < -0.4 is 0 Å². The van der Waals surface area contributed by atoms with Crippen LogP contribution in [0.25, 0.3) is 11.1 Å². The number of hydrogen-bond donors (Lipinski definition) is 0. The molecule has 0 spiro atoms. The van der Waals surface area contributed by atoms with Gasteiger partial charge in [0, 0.05) is 27.9 Å². The molecule has 0 unspecified atom stereocenters. The highest BCUT2D eigenvalue weighted by Crippen LogP contribution is 2.26. The zero-order chi connectivity index (χ0) is 11.7. The molecule has 0 aliphatic carbocycles. The Bertz CT molecular complexity index is 541. The first-order valence-electron chi connectivity index (χ1n) is 4.65. The van der Waals surface area contributed by atoms with Gasteiger partial charge in [0.1, 0.15) is 5.82 Å². The number of hydrogen-bond acceptors (Lipinski definition) is 1. The molecule has 1 heterocycles. The molecule has 0 amide bonds. The van der Waals surface area contributed by atoms with Crippen molar-refractivity contribution in [1.29, 1.82) is 0 Å². The Balaban J connectivity index is 2.58. The number of rotatable bonds is 1. The van der Waals surface area contributed by atoms with Gasteiger partial charge in [0.05, 0.1) is 0 Å². The first-order valence-corrected chi connectivity index (χ1v) is 5.03. The van der Waals surface area contributed by atoms with E-state index < -0.39 is 11.8 Å². The predicted molar refractivity (Wildman–Crippen MR) is 59.3 cm³/mol. The Labute approximate surface area is 96.7 Å². The van der Waals surface area contributed by atoms with Gasteiger partial charge in [0.2, 0.25) is 5.95 Å². The number of aromatic nitrogens is 1. The van der Waals surface area contributed by atoms with Crippen LogP contribution in [0.1, 0.15) is 5.56 Å². The Morgan fingerprint density at radius 3 is 2.62 bits per heavy atom. The highest BCUT2D eigenvalue weighted by atomic mass is 35.5. The Hall–Kier alpha value is -1.48. The minimum atomic E-state index is -0.550. The van der Waals surface area contributed by atoms with Gasteiger partial charge in [-0.2, -0.15) is 4.39 Å². The second-order valence-corrected chi connectivity index (χ2v) is 3.89. The van der Waals surface area contributed by atoms with Crippen molar-refractivity contribution in [2.75, 3.05) is 0 Å². The molecular formula is C12H8ClF2N. The predicted octanol–water partition coefficient (Wildman–Crippen LogP) is 3.99. The summed E-state index contributed by atoms with van der Waals surface area (Å²) in [5, 5.41) is 0.429. The van der Waals surface area contributed by atoms with Gasteiger partial charge in [0.15, 0.2) is 0 Å². The quantitative estimate of drug-likeness (QED) is 0.686. The minimum absolute atomic E-state index is 0.322. The van der Waals surface area contributed by atoms with E-state index in [-0.39, 0.29) is 0 Å². The third-order valence-electron chi connectivity index (χ3n) is 2.25. The van der Waals surface area contributed by atoms with Crippen LogP contribution in [0.2, 0.25) is 5.02 Å². The summed E-state index contributed by atoms with van der Waals surface area (Å²) in [4.78, 5) is 3.55. The van der Waals surface area contributed by atoms with E-state index in [4.69, 9.17) is 11.6 Å². The molecule has 0 bridgehead atoms. The van der Waals surface area contributed by atoms with Gasteiger partial charge in [-0.05, 0) is 31.2 Å². The van der Waals surface area contributed by atoms with Crippen LogP contribution in [0, 0.1) is 18.7 Å². The lowest BCUT2D eigenvalue weighted by molar-refractivity contribution is 0.574. The van der Waals surface area contributed by atoms with Crippen LogP contribution in [-0.4, -0.2) is 4.98 Å². The van der Waals surface area contributed by atoms with Crippen LogP contribution in [0.3, 0.4) is 0 Å². The van der Waals surface area contributed by atoms with Gasteiger partial charge >= 0.3 is 0 Å². The van der Waals surface area contributed by atoms with Crippen molar-refractivity contribution < 1.29 is 8.78 Å². The summed E-state index contributed by atoms with van der Waals surface area (Å²) in [5.74, 6) is -0.955. The smallest absolute Gasteiger partial charge is 0.215 e. The van der Waals surface area contributed by atoms with Gasteiger partial charge < -0.3 is 0 Å². The van der Waals surface area contributed by atoms with Crippen LogP contribution >= 0.6 is 11.6 Å². The Morgan fingerprint density at radius 1 is 1.19 bits per heavy atom. The fourth-order valence-electron chi connectivity index (χ4n) is 1.42. The molecular weight excluding hydrogens is 232 g/mol. The molecule has 4 heteroatoms. The lowest BCUT2D eigenvalue weighted by Gasteiger charge is -2.05. The van der Waals surface area contributed by atoms with Crippen molar-refractivity contribution in [1.82, 2.24) is 4.98 Å². The van der Waals surface area contributed by atoms with E-state index in [1.54, 1.807) is 6.92 Å². The third-order valence-corrected chi connectivity index (χ3v) is 2.49. The molecule has 0 atom stereocenters. The van der Waals surface area contributed by atoms with Gasteiger partial charge in [-0.3, -0.25) is 0 Å². The van der Waals surface area contributed by atoms with Gasteiger partial charge in [-0.25, -0.2) is 9.37 Å². The summed E-state index contributed by atoms with van der Waals surface area (Å²) in [6.45, 7) is 1.58. The number of nitrogens with zero attached hydrogens (tertiary/aromatic N) is 1. The fourth-order valence-corrected chi connectivity index (χ4v) is 1.60. The van der Waals surface area contributed by atoms with Gasteiger partial charge in [0.25, 0.3) is 0 Å². The van der Waals surface area contributed by atoms with Crippen LogP contribution in [0.4, 0.5) is 8.78 Å².